The van der Waals surface area contributed by atoms with E-state index in [1.54, 1.807) is 43.3 Å². The topological polar surface area (TPSA) is 71.1 Å². The molecule has 0 aliphatic carbocycles. The van der Waals surface area contributed by atoms with Gasteiger partial charge in [-0.15, -0.1) is 0 Å². The van der Waals surface area contributed by atoms with Crippen molar-refractivity contribution in [1.82, 2.24) is 20.1 Å². The second-order valence-corrected chi connectivity index (χ2v) is 3.83. The molecule has 1 heterocycles. The summed E-state index contributed by atoms with van der Waals surface area (Å²) in [6.07, 6.45) is 1.42. The predicted octanol–water partition coefficient (Wildman–Crippen LogP) is 1.09. The summed E-state index contributed by atoms with van der Waals surface area (Å²) in [5, 5.41) is 6.46. The number of carbonyl (C=O) groups is 1. The average molecular weight is 246 g/mol. The molecule has 0 saturated heterocycles. The molecule has 0 aliphatic rings. The Kier molecular flexibility index (Phi) is 3.57. The highest BCUT2D eigenvalue weighted by Crippen LogP contribution is 2.14. The van der Waals surface area contributed by atoms with Crippen LogP contribution in [0.25, 0.3) is 0 Å². The van der Waals surface area contributed by atoms with Crippen molar-refractivity contribution < 1.29 is 9.53 Å². The first kappa shape index (κ1) is 12.1. The zero-order valence-corrected chi connectivity index (χ0v) is 10.3. The van der Waals surface area contributed by atoms with Crippen molar-refractivity contribution in [3.8, 4) is 5.75 Å². The number of nitrogens with zero attached hydrogens (tertiary/aromatic N) is 3. The lowest BCUT2D eigenvalue weighted by Crippen LogP contribution is -2.26. The Balaban J connectivity index is 2.10. The van der Waals surface area contributed by atoms with E-state index in [9.17, 15) is 4.79 Å². The van der Waals surface area contributed by atoms with E-state index in [0.29, 0.717) is 23.7 Å². The van der Waals surface area contributed by atoms with Crippen LogP contribution in [0.2, 0.25) is 0 Å². The van der Waals surface area contributed by atoms with Crippen LogP contribution in [0.4, 0.5) is 0 Å². The first-order valence-corrected chi connectivity index (χ1v) is 5.44. The Morgan fingerprint density at radius 2 is 2.33 bits per heavy atom. The lowest BCUT2D eigenvalue weighted by molar-refractivity contribution is 0.0781. The summed E-state index contributed by atoms with van der Waals surface area (Å²) in [4.78, 5) is 17.7. The first-order valence-electron chi connectivity index (χ1n) is 5.44. The van der Waals surface area contributed by atoms with Crippen LogP contribution < -0.4 is 4.74 Å². The third-order valence-corrected chi connectivity index (χ3v) is 2.52. The summed E-state index contributed by atoms with van der Waals surface area (Å²) in [6, 6.07) is 7.04. The second-order valence-electron chi connectivity index (χ2n) is 3.83. The fourth-order valence-corrected chi connectivity index (χ4v) is 1.58. The molecule has 6 heteroatoms. The molecule has 2 aromatic rings. The van der Waals surface area contributed by atoms with Gasteiger partial charge in [0.25, 0.3) is 5.91 Å². The summed E-state index contributed by atoms with van der Waals surface area (Å²) in [5.74, 6) is 1.22. The summed E-state index contributed by atoms with van der Waals surface area (Å²) in [7, 11) is 3.28. The third-order valence-electron chi connectivity index (χ3n) is 2.52. The molecule has 0 aliphatic heterocycles. The van der Waals surface area contributed by atoms with Crippen LogP contribution in [0.1, 0.15) is 16.2 Å². The van der Waals surface area contributed by atoms with Crippen LogP contribution in [0.15, 0.2) is 30.6 Å². The minimum absolute atomic E-state index is 0.0923. The average Bonchev–Trinajstić information content (AvgIpc) is 2.90. The normalized spacial score (nSPS) is 10.1. The molecule has 0 saturated carbocycles. The fraction of sp³-hybridized carbons (Fsp3) is 0.250. The number of methoxy groups -OCH3 is 1. The van der Waals surface area contributed by atoms with Crippen LogP contribution in [0.5, 0.6) is 5.75 Å². The largest absolute Gasteiger partial charge is 0.497 e. The maximum absolute atomic E-state index is 12.1. The molecule has 0 fully saturated rings. The van der Waals surface area contributed by atoms with E-state index in [1.807, 2.05) is 0 Å². The van der Waals surface area contributed by atoms with Gasteiger partial charge in [-0.2, -0.15) is 5.10 Å². The van der Waals surface area contributed by atoms with Crippen molar-refractivity contribution >= 4 is 5.91 Å². The van der Waals surface area contributed by atoms with E-state index in [1.165, 1.54) is 6.33 Å². The van der Waals surface area contributed by atoms with Gasteiger partial charge in [-0.25, -0.2) is 4.98 Å². The molecular weight excluding hydrogens is 232 g/mol. The van der Waals surface area contributed by atoms with E-state index < -0.39 is 0 Å². The maximum atomic E-state index is 12.1. The van der Waals surface area contributed by atoms with E-state index in [4.69, 9.17) is 4.74 Å². The number of aromatic nitrogens is 3. The summed E-state index contributed by atoms with van der Waals surface area (Å²) in [5.41, 5.74) is 0.580. The van der Waals surface area contributed by atoms with E-state index in [-0.39, 0.29) is 5.91 Å². The molecule has 18 heavy (non-hydrogen) atoms. The molecular formula is C12H14N4O2. The smallest absolute Gasteiger partial charge is 0.254 e. The van der Waals surface area contributed by atoms with E-state index in [2.05, 4.69) is 15.2 Å². The molecule has 2 rings (SSSR count). The minimum Gasteiger partial charge on any atom is -0.497 e. The summed E-state index contributed by atoms with van der Waals surface area (Å²) in [6.45, 7) is 0.385. The highest BCUT2D eigenvalue weighted by molar-refractivity contribution is 5.94. The zero-order chi connectivity index (χ0) is 13.0. The van der Waals surface area contributed by atoms with Crippen LogP contribution in [-0.4, -0.2) is 40.1 Å². The Morgan fingerprint density at radius 3 is 3.00 bits per heavy atom. The predicted molar refractivity (Wildman–Crippen MR) is 65.2 cm³/mol. The molecule has 6 nitrogen and oxygen atoms in total. The third kappa shape index (κ3) is 2.65. The highest BCUT2D eigenvalue weighted by atomic mass is 16.5. The Hall–Kier alpha value is -2.37. The number of nitrogens with one attached hydrogen (secondary N) is 1. The molecule has 1 aromatic carbocycles. The number of ether oxygens (including phenoxy) is 1. The molecule has 1 amide bonds. The molecule has 0 unspecified atom stereocenters. The summed E-state index contributed by atoms with van der Waals surface area (Å²) < 4.78 is 5.09. The Labute approximate surface area is 105 Å². The van der Waals surface area contributed by atoms with Gasteiger partial charge in [0.15, 0.2) is 0 Å². The Bertz CT molecular complexity index is 525. The second kappa shape index (κ2) is 5.31. The molecule has 1 aromatic heterocycles. The van der Waals surface area contributed by atoms with E-state index in [0.717, 1.165) is 0 Å². The number of aromatic amines is 1. The monoisotopic (exact) mass is 246 g/mol. The fourth-order valence-electron chi connectivity index (χ4n) is 1.58. The Morgan fingerprint density at radius 1 is 1.50 bits per heavy atom. The van der Waals surface area contributed by atoms with Crippen molar-refractivity contribution in [2.24, 2.45) is 0 Å². The van der Waals surface area contributed by atoms with Crippen LogP contribution in [0, 0.1) is 0 Å². The van der Waals surface area contributed by atoms with Gasteiger partial charge in [-0.3, -0.25) is 9.89 Å². The van der Waals surface area contributed by atoms with Crippen molar-refractivity contribution in [2.45, 2.75) is 6.54 Å². The SMILES string of the molecule is COc1cccc(C(=O)N(C)Cc2ncn[nH]2)c1. The number of H-pyrrole nitrogens is 1. The molecule has 0 bridgehead atoms. The number of hydrogen-bond acceptors (Lipinski definition) is 4. The lowest BCUT2D eigenvalue weighted by Gasteiger charge is -2.15. The van der Waals surface area contributed by atoms with Crippen molar-refractivity contribution in [3.63, 3.8) is 0 Å². The number of carbonyl (C=O) groups excluding carboxylic acids is 1. The van der Waals surface area contributed by atoms with Gasteiger partial charge in [-0.1, -0.05) is 6.07 Å². The van der Waals surface area contributed by atoms with Crippen molar-refractivity contribution in [2.75, 3.05) is 14.2 Å². The van der Waals surface area contributed by atoms with Crippen LogP contribution in [-0.2, 0) is 6.54 Å². The van der Waals surface area contributed by atoms with Crippen molar-refractivity contribution in [3.05, 3.63) is 42.0 Å². The first-order chi connectivity index (χ1) is 8.70. The van der Waals surface area contributed by atoms with Crippen LogP contribution >= 0.6 is 0 Å². The minimum atomic E-state index is -0.0923. The molecule has 0 atom stereocenters. The lowest BCUT2D eigenvalue weighted by atomic mass is 10.2. The standard InChI is InChI=1S/C12H14N4O2/c1-16(7-11-13-8-14-15-11)12(17)9-4-3-5-10(6-9)18-2/h3-6,8H,7H2,1-2H3,(H,13,14,15). The van der Waals surface area contributed by atoms with Gasteiger partial charge in [0.05, 0.1) is 13.7 Å². The highest BCUT2D eigenvalue weighted by Gasteiger charge is 2.13. The van der Waals surface area contributed by atoms with Gasteiger partial charge < -0.3 is 9.64 Å². The number of rotatable bonds is 4. The number of hydrogen-bond donors (Lipinski definition) is 1. The number of amides is 1. The molecule has 1 N–H and O–H groups in total. The zero-order valence-electron chi connectivity index (χ0n) is 10.3. The molecule has 0 spiro atoms. The molecule has 94 valence electrons. The molecule has 0 radical (unpaired) electrons. The van der Waals surface area contributed by atoms with Gasteiger partial charge in [0.2, 0.25) is 0 Å². The van der Waals surface area contributed by atoms with Crippen LogP contribution in [0.3, 0.4) is 0 Å². The quantitative estimate of drug-likeness (QED) is 0.876. The van der Waals surface area contributed by atoms with Gasteiger partial charge in [0, 0.05) is 12.6 Å². The van der Waals surface area contributed by atoms with Gasteiger partial charge >= 0.3 is 0 Å². The number of benzene rings is 1. The summed E-state index contributed by atoms with van der Waals surface area (Å²) >= 11 is 0. The maximum Gasteiger partial charge on any atom is 0.254 e. The van der Waals surface area contributed by atoms with Crippen molar-refractivity contribution in [1.29, 1.82) is 0 Å². The van der Waals surface area contributed by atoms with Gasteiger partial charge in [-0.05, 0) is 18.2 Å². The van der Waals surface area contributed by atoms with E-state index >= 15 is 0 Å². The van der Waals surface area contributed by atoms with Gasteiger partial charge in [0.1, 0.15) is 17.9 Å².